The van der Waals surface area contributed by atoms with Crippen LogP contribution in [-0.2, 0) is 9.59 Å². The molecular formula is C14H17FN2O2. The monoisotopic (exact) mass is 264 g/mol. The number of benzene rings is 1. The van der Waals surface area contributed by atoms with Gasteiger partial charge >= 0.3 is 0 Å². The number of likely N-dealkylation sites (tertiary alicyclic amines) is 1. The van der Waals surface area contributed by atoms with Crippen molar-refractivity contribution in [2.24, 2.45) is 0 Å². The van der Waals surface area contributed by atoms with Crippen molar-refractivity contribution in [3.63, 3.8) is 0 Å². The van der Waals surface area contributed by atoms with Crippen molar-refractivity contribution in [1.82, 2.24) is 10.2 Å². The Hall–Kier alpha value is -1.91. The van der Waals surface area contributed by atoms with E-state index in [-0.39, 0.29) is 30.2 Å². The second-order valence-corrected chi connectivity index (χ2v) is 4.76. The Labute approximate surface area is 111 Å². The van der Waals surface area contributed by atoms with Crippen LogP contribution in [0.2, 0.25) is 0 Å². The molecule has 1 heterocycles. The van der Waals surface area contributed by atoms with Crippen molar-refractivity contribution >= 4 is 11.8 Å². The van der Waals surface area contributed by atoms with E-state index in [1.807, 2.05) is 6.92 Å². The van der Waals surface area contributed by atoms with E-state index in [0.717, 1.165) is 12.0 Å². The molecule has 2 amide bonds. The first kappa shape index (κ1) is 13.5. The fraction of sp³-hybridized carbons (Fsp3) is 0.429. The topological polar surface area (TPSA) is 49.4 Å². The molecule has 0 bridgehead atoms. The average Bonchev–Trinajstić information content (AvgIpc) is 2.75. The Balaban J connectivity index is 1.87. The van der Waals surface area contributed by atoms with E-state index in [9.17, 15) is 14.0 Å². The first-order chi connectivity index (χ1) is 9.06. The highest BCUT2D eigenvalue weighted by Crippen LogP contribution is 2.13. The summed E-state index contributed by atoms with van der Waals surface area (Å²) in [5.74, 6) is -0.457. The van der Waals surface area contributed by atoms with Crippen molar-refractivity contribution in [2.45, 2.75) is 25.8 Å². The Morgan fingerprint density at radius 3 is 2.68 bits per heavy atom. The highest BCUT2D eigenvalue weighted by atomic mass is 19.1. The highest BCUT2D eigenvalue weighted by Gasteiger charge is 2.22. The molecule has 102 valence electrons. The van der Waals surface area contributed by atoms with Crippen molar-refractivity contribution in [1.29, 1.82) is 0 Å². The molecule has 2 rings (SSSR count). The van der Waals surface area contributed by atoms with E-state index in [1.165, 1.54) is 12.1 Å². The van der Waals surface area contributed by atoms with E-state index >= 15 is 0 Å². The van der Waals surface area contributed by atoms with Crippen molar-refractivity contribution in [3.05, 3.63) is 35.6 Å². The van der Waals surface area contributed by atoms with Crippen LogP contribution in [0.3, 0.4) is 0 Å². The lowest BCUT2D eigenvalue weighted by atomic mass is 10.1. The molecule has 1 aromatic carbocycles. The summed E-state index contributed by atoms with van der Waals surface area (Å²) in [6.45, 7) is 2.58. The number of nitrogens with zero attached hydrogens (tertiary/aromatic N) is 1. The summed E-state index contributed by atoms with van der Waals surface area (Å²) < 4.78 is 12.8. The minimum absolute atomic E-state index is 0.0320. The Kier molecular flexibility index (Phi) is 4.14. The van der Waals surface area contributed by atoms with Gasteiger partial charge in [0, 0.05) is 13.0 Å². The molecule has 1 unspecified atom stereocenters. The molecule has 0 saturated carbocycles. The van der Waals surface area contributed by atoms with E-state index in [0.29, 0.717) is 13.0 Å². The first-order valence-electron chi connectivity index (χ1n) is 6.39. The smallest absolute Gasteiger partial charge is 0.240 e. The molecule has 1 saturated heterocycles. The molecule has 0 spiro atoms. The molecule has 0 radical (unpaired) electrons. The molecule has 1 fully saturated rings. The van der Waals surface area contributed by atoms with Crippen molar-refractivity contribution < 1.29 is 14.0 Å². The molecule has 0 aromatic heterocycles. The molecule has 0 aliphatic carbocycles. The zero-order chi connectivity index (χ0) is 13.8. The summed E-state index contributed by atoms with van der Waals surface area (Å²) in [5.41, 5.74) is 0.836. The first-order valence-corrected chi connectivity index (χ1v) is 6.39. The average molecular weight is 264 g/mol. The van der Waals surface area contributed by atoms with Crippen LogP contribution in [0.15, 0.2) is 24.3 Å². The predicted octanol–water partition coefficient (Wildman–Crippen LogP) is 1.63. The van der Waals surface area contributed by atoms with Crippen molar-refractivity contribution in [2.75, 3.05) is 13.1 Å². The summed E-state index contributed by atoms with van der Waals surface area (Å²) in [6.07, 6.45) is 1.35. The van der Waals surface area contributed by atoms with Crippen LogP contribution in [0, 0.1) is 5.82 Å². The maximum atomic E-state index is 12.8. The predicted molar refractivity (Wildman–Crippen MR) is 68.8 cm³/mol. The number of nitrogens with one attached hydrogen (secondary N) is 1. The number of rotatable bonds is 4. The molecule has 19 heavy (non-hydrogen) atoms. The molecule has 1 N–H and O–H groups in total. The van der Waals surface area contributed by atoms with Gasteiger partial charge in [0.05, 0.1) is 12.6 Å². The van der Waals surface area contributed by atoms with Crippen LogP contribution in [-0.4, -0.2) is 29.8 Å². The van der Waals surface area contributed by atoms with E-state index in [2.05, 4.69) is 5.32 Å². The van der Waals surface area contributed by atoms with E-state index in [1.54, 1.807) is 17.0 Å². The van der Waals surface area contributed by atoms with Gasteiger partial charge in [-0.05, 0) is 31.0 Å². The lowest BCUT2D eigenvalue weighted by molar-refractivity contribution is -0.133. The fourth-order valence-electron chi connectivity index (χ4n) is 2.17. The normalized spacial score (nSPS) is 16.5. The van der Waals surface area contributed by atoms with Crippen LogP contribution >= 0.6 is 0 Å². The third-order valence-corrected chi connectivity index (χ3v) is 3.25. The van der Waals surface area contributed by atoms with Crippen LogP contribution in [0.4, 0.5) is 4.39 Å². The Bertz CT molecular complexity index is 473. The van der Waals surface area contributed by atoms with Gasteiger partial charge in [-0.1, -0.05) is 12.1 Å². The molecule has 4 nitrogen and oxygen atoms in total. The summed E-state index contributed by atoms with van der Waals surface area (Å²) in [6, 6.07) is 5.80. The van der Waals surface area contributed by atoms with E-state index < -0.39 is 0 Å². The standard InChI is InChI=1S/C14H17FN2O2/c1-10(11-4-6-12(15)7-5-11)16-13(18)9-17-8-2-3-14(17)19/h4-7,10H,2-3,8-9H2,1H3,(H,16,18). The Morgan fingerprint density at radius 2 is 2.11 bits per heavy atom. The number of amides is 2. The summed E-state index contributed by atoms with van der Waals surface area (Å²) in [7, 11) is 0. The lowest BCUT2D eigenvalue weighted by Crippen LogP contribution is -2.38. The van der Waals surface area contributed by atoms with Crippen LogP contribution in [0.5, 0.6) is 0 Å². The fourth-order valence-corrected chi connectivity index (χ4v) is 2.17. The Morgan fingerprint density at radius 1 is 1.42 bits per heavy atom. The van der Waals surface area contributed by atoms with Gasteiger partial charge in [-0.25, -0.2) is 4.39 Å². The molecule has 1 atom stereocenters. The number of carbonyl (C=O) groups is 2. The zero-order valence-corrected chi connectivity index (χ0v) is 10.9. The summed E-state index contributed by atoms with van der Waals surface area (Å²) in [5, 5.41) is 2.81. The number of carbonyl (C=O) groups excluding carboxylic acids is 2. The summed E-state index contributed by atoms with van der Waals surface area (Å²) in [4.78, 5) is 24.8. The summed E-state index contributed by atoms with van der Waals surface area (Å²) >= 11 is 0. The second kappa shape index (κ2) is 5.82. The van der Waals surface area contributed by atoms with Gasteiger partial charge in [0.25, 0.3) is 0 Å². The van der Waals surface area contributed by atoms with Gasteiger partial charge in [0.15, 0.2) is 0 Å². The molecule has 5 heteroatoms. The molecular weight excluding hydrogens is 247 g/mol. The van der Waals surface area contributed by atoms with Gasteiger partial charge in [0.2, 0.25) is 11.8 Å². The van der Waals surface area contributed by atoms with Crippen molar-refractivity contribution in [3.8, 4) is 0 Å². The van der Waals surface area contributed by atoms with E-state index in [4.69, 9.17) is 0 Å². The van der Waals surface area contributed by atoms with Gasteiger partial charge in [-0.3, -0.25) is 9.59 Å². The highest BCUT2D eigenvalue weighted by molar-refractivity contribution is 5.86. The zero-order valence-electron chi connectivity index (χ0n) is 10.9. The van der Waals surface area contributed by atoms with Crippen LogP contribution in [0.1, 0.15) is 31.4 Å². The third kappa shape index (κ3) is 3.53. The lowest BCUT2D eigenvalue weighted by Gasteiger charge is -2.18. The third-order valence-electron chi connectivity index (χ3n) is 3.25. The van der Waals surface area contributed by atoms with Gasteiger partial charge in [0.1, 0.15) is 5.82 Å². The largest absolute Gasteiger partial charge is 0.348 e. The number of halogens is 1. The van der Waals surface area contributed by atoms with Crippen LogP contribution in [0.25, 0.3) is 0 Å². The minimum Gasteiger partial charge on any atom is -0.348 e. The van der Waals surface area contributed by atoms with Gasteiger partial charge < -0.3 is 10.2 Å². The van der Waals surface area contributed by atoms with Crippen LogP contribution < -0.4 is 5.32 Å². The molecule has 1 aliphatic rings. The SMILES string of the molecule is CC(NC(=O)CN1CCCC1=O)c1ccc(F)cc1. The second-order valence-electron chi connectivity index (χ2n) is 4.76. The van der Waals surface area contributed by atoms with Gasteiger partial charge in [-0.2, -0.15) is 0 Å². The molecule has 1 aromatic rings. The minimum atomic E-state index is -0.301. The maximum absolute atomic E-state index is 12.8. The van der Waals surface area contributed by atoms with Gasteiger partial charge in [-0.15, -0.1) is 0 Å². The number of hydrogen-bond donors (Lipinski definition) is 1. The quantitative estimate of drug-likeness (QED) is 0.898. The molecule has 1 aliphatic heterocycles. The maximum Gasteiger partial charge on any atom is 0.240 e. The number of hydrogen-bond acceptors (Lipinski definition) is 2.